The minimum atomic E-state index is -4.58. The predicted octanol–water partition coefficient (Wildman–Crippen LogP) is 4.30. The Balaban J connectivity index is 2.09. The molecule has 9 heteroatoms. The van der Waals surface area contributed by atoms with Crippen LogP contribution < -0.4 is 10.1 Å². The highest BCUT2D eigenvalue weighted by Crippen LogP contribution is 2.35. The van der Waals surface area contributed by atoms with Gasteiger partial charge in [-0.2, -0.15) is 18.4 Å². The van der Waals surface area contributed by atoms with Gasteiger partial charge in [0.05, 0.1) is 35.5 Å². The summed E-state index contributed by atoms with van der Waals surface area (Å²) in [4.78, 5) is 17.0. The lowest BCUT2D eigenvalue weighted by Crippen LogP contribution is -2.33. The Labute approximate surface area is 182 Å². The topological polar surface area (TPSA) is 95.2 Å². The van der Waals surface area contributed by atoms with Gasteiger partial charge in [0, 0.05) is 35.2 Å². The zero-order valence-corrected chi connectivity index (χ0v) is 17.3. The van der Waals surface area contributed by atoms with E-state index >= 15 is 0 Å². The number of rotatable bonds is 6. The van der Waals surface area contributed by atoms with Gasteiger partial charge in [-0.05, 0) is 43.7 Å². The monoisotopic (exact) mass is 443 g/mol. The number of pyridine rings is 1. The third-order valence-corrected chi connectivity index (χ3v) is 4.94. The molecule has 0 saturated heterocycles. The Morgan fingerprint density at radius 1 is 1.25 bits per heavy atom. The first kappa shape index (κ1) is 23.0. The number of alkyl halides is 3. The predicted molar refractivity (Wildman–Crippen MR) is 112 cm³/mol. The van der Waals surface area contributed by atoms with Gasteiger partial charge in [0.2, 0.25) is 0 Å². The van der Waals surface area contributed by atoms with Gasteiger partial charge in [-0.25, -0.2) is 4.98 Å². The number of hydrogen-bond acceptors (Lipinski definition) is 5. The molecular formula is C23H20F3N3O3. The maximum absolute atomic E-state index is 13.0. The van der Waals surface area contributed by atoms with Crippen LogP contribution in [0.3, 0.4) is 0 Å². The summed E-state index contributed by atoms with van der Waals surface area (Å²) in [6, 6.07) is 10.8. The highest BCUT2D eigenvalue weighted by atomic mass is 19.4. The van der Waals surface area contributed by atoms with Crippen molar-refractivity contribution >= 4 is 16.8 Å². The second-order valence-corrected chi connectivity index (χ2v) is 7.20. The van der Waals surface area contributed by atoms with Gasteiger partial charge in [-0.15, -0.1) is 0 Å². The van der Waals surface area contributed by atoms with Gasteiger partial charge in [-0.1, -0.05) is 6.07 Å². The number of benzene rings is 2. The van der Waals surface area contributed by atoms with Crippen LogP contribution in [0.25, 0.3) is 22.2 Å². The normalized spacial score (nSPS) is 12.3. The van der Waals surface area contributed by atoms with Gasteiger partial charge in [0.25, 0.3) is 5.91 Å². The number of ether oxygens (including phenoxy) is 1. The number of hydrogen-bond donors (Lipinski definition) is 2. The summed E-state index contributed by atoms with van der Waals surface area (Å²) in [5.74, 6) is 0.0423. The van der Waals surface area contributed by atoms with Crippen LogP contribution in [-0.4, -0.2) is 35.8 Å². The molecule has 6 nitrogen and oxygen atoms in total. The first-order valence-electron chi connectivity index (χ1n) is 9.70. The second-order valence-electron chi connectivity index (χ2n) is 7.20. The van der Waals surface area contributed by atoms with Crippen molar-refractivity contribution in [3.63, 3.8) is 0 Å². The maximum Gasteiger partial charge on any atom is 0.416 e. The SMILES string of the molecule is COc1cc(-c2ccc(C(F)(F)F)cc2C#N)nc2cc(C(=O)N[C@H](C)CCO)ccc12. The standard InChI is InChI=1S/C23H20F3N3O3/c1-13(7-8-30)28-22(31)14-3-5-18-19(10-14)29-20(11-21(18)32-2)17-6-4-16(23(24,25)26)9-15(17)12-27/h3-6,9-11,13,30H,7-8H2,1-2H3,(H,28,31)/t13-/m1/s1. The van der Waals surface area contributed by atoms with E-state index in [1.807, 2.05) is 0 Å². The number of fused-ring (bicyclic) bond motifs is 1. The Kier molecular flexibility index (Phi) is 6.65. The van der Waals surface area contributed by atoms with Crippen LogP contribution in [-0.2, 0) is 6.18 Å². The van der Waals surface area contributed by atoms with Crippen molar-refractivity contribution in [1.82, 2.24) is 10.3 Å². The molecule has 1 aromatic heterocycles. The fourth-order valence-corrected chi connectivity index (χ4v) is 3.25. The zero-order chi connectivity index (χ0) is 23.5. The molecule has 0 aliphatic heterocycles. The van der Waals surface area contributed by atoms with E-state index in [2.05, 4.69) is 10.3 Å². The maximum atomic E-state index is 13.0. The van der Waals surface area contributed by atoms with Crippen LogP contribution in [0, 0.1) is 11.3 Å². The van der Waals surface area contributed by atoms with Crippen LogP contribution in [0.1, 0.15) is 34.8 Å². The van der Waals surface area contributed by atoms with Crippen LogP contribution >= 0.6 is 0 Å². The molecule has 1 heterocycles. The average Bonchev–Trinajstić information content (AvgIpc) is 2.76. The number of carbonyl (C=O) groups is 1. The number of nitrogens with one attached hydrogen (secondary N) is 1. The molecule has 3 rings (SSSR count). The molecule has 0 unspecified atom stereocenters. The van der Waals surface area contributed by atoms with Crippen molar-refractivity contribution in [3.8, 4) is 23.1 Å². The lowest BCUT2D eigenvalue weighted by Gasteiger charge is -2.14. The van der Waals surface area contributed by atoms with Gasteiger partial charge in [0.15, 0.2) is 0 Å². The van der Waals surface area contributed by atoms with Crippen LogP contribution in [0.15, 0.2) is 42.5 Å². The van der Waals surface area contributed by atoms with Crippen LogP contribution in [0.2, 0.25) is 0 Å². The molecule has 1 amide bonds. The molecule has 3 aromatic rings. The van der Waals surface area contributed by atoms with Crippen molar-refractivity contribution in [1.29, 1.82) is 5.26 Å². The number of amides is 1. The molecule has 1 atom stereocenters. The van der Waals surface area contributed by atoms with Gasteiger partial charge in [0.1, 0.15) is 5.75 Å². The second kappa shape index (κ2) is 9.24. The molecule has 0 saturated carbocycles. The number of nitrogens with zero attached hydrogens (tertiary/aromatic N) is 2. The van der Waals surface area contributed by atoms with E-state index in [0.29, 0.717) is 28.6 Å². The summed E-state index contributed by atoms with van der Waals surface area (Å²) in [7, 11) is 1.44. The third kappa shape index (κ3) is 4.81. The van der Waals surface area contributed by atoms with E-state index in [-0.39, 0.29) is 35.4 Å². The number of aliphatic hydroxyl groups excluding tert-OH is 1. The van der Waals surface area contributed by atoms with Crippen LogP contribution in [0.5, 0.6) is 5.75 Å². The Bertz CT molecular complexity index is 1200. The number of halogens is 3. The molecule has 2 N–H and O–H groups in total. The highest BCUT2D eigenvalue weighted by molar-refractivity contribution is 5.99. The van der Waals surface area contributed by atoms with Crippen LogP contribution in [0.4, 0.5) is 13.2 Å². The van der Waals surface area contributed by atoms with Crippen molar-refractivity contribution in [3.05, 3.63) is 59.2 Å². The number of nitriles is 1. The van der Waals surface area contributed by atoms with E-state index in [9.17, 15) is 23.2 Å². The fraction of sp³-hybridized carbons (Fsp3) is 0.261. The van der Waals surface area contributed by atoms with Crippen molar-refractivity contribution in [2.75, 3.05) is 13.7 Å². The van der Waals surface area contributed by atoms with Gasteiger partial charge >= 0.3 is 6.18 Å². The quantitative estimate of drug-likeness (QED) is 0.592. The summed E-state index contributed by atoms with van der Waals surface area (Å²) in [6.45, 7) is 1.71. The largest absolute Gasteiger partial charge is 0.496 e. The van der Waals surface area contributed by atoms with E-state index in [0.717, 1.165) is 12.1 Å². The number of carbonyl (C=O) groups excluding carboxylic acids is 1. The Morgan fingerprint density at radius 3 is 2.62 bits per heavy atom. The molecule has 0 fully saturated rings. The number of aromatic nitrogens is 1. The lowest BCUT2D eigenvalue weighted by atomic mass is 10.00. The number of aliphatic hydroxyl groups is 1. The molecule has 0 bridgehead atoms. The van der Waals surface area contributed by atoms with E-state index in [1.165, 1.54) is 19.2 Å². The van der Waals surface area contributed by atoms with Gasteiger partial charge in [-0.3, -0.25) is 4.79 Å². The summed E-state index contributed by atoms with van der Waals surface area (Å²) in [5.41, 5.74) is 0.0486. The smallest absolute Gasteiger partial charge is 0.416 e. The molecule has 0 aliphatic carbocycles. The summed E-state index contributed by atoms with van der Waals surface area (Å²) < 4.78 is 44.5. The molecule has 2 aromatic carbocycles. The molecular weight excluding hydrogens is 423 g/mol. The van der Waals surface area contributed by atoms with Gasteiger partial charge < -0.3 is 15.2 Å². The summed E-state index contributed by atoms with van der Waals surface area (Å²) in [6.07, 6.45) is -4.17. The van der Waals surface area contributed by atoms with Crippen molar-refractivity contribution in [2.24, 2.45) is 0 Å². The minimum absolute atomic E-state index is 0.0599. The fourth-order valence-electron chi connectivity index (χ4n) is 3.25. The summed E-state index contributed by atoms with van der Waals surface area (Å²) in [5, 5.41) is 21.8. The molecule has 0 radical (unpaired) electrons. The molecule has 0 aliphatic rings. The van der Waals surface area contributed by atoms with Crippen molar-refractivity contribution < 1.29 is 27.8 Å². The molecule has 32 heavy (non-hydrogen) atoms. The van der Waals surface area contributed by atoms with E-state index in [1.54, 1.807) is 31.2 Å². The zero-order valence-electron chi connectivity index (χ0n) is 17.3. The third-order valence-electron chi connectivity index (χ3n) is 4.94. The number of methoxy groups -OCH3 is 1. The Morgan fingerprint density at radius 2 is 2.00 bits per heavy atom. The first-order chi connectivity index (χ1) is 15.2. The molecule has 0 spiro atoms. The summed E-state index contributed by atoms with van der Waals surface area (Å²) >= 11 is 0. The average molecular weight is 443 g/mol. The lowest BCUT2D eigenvalue weighted by molar-refractivity contribution is -0.137. The van der Waals surface area contributed by atoms with E-state index in [4.69, 9.17) is 9.84 Å². The van der Waals surface area contributed by atoms with E-state index < -0.39 is 11.7 Å². The van der Waals surface area contributed by atoms with Crippen molar-refractivity contribution in [2.45, 2.75) is 25.6 Å². The molecule has 166 valence electrons. The Hall–Kier alpha value is -3.64. The first-order valence-corrected chi connectivity index (χ1v) is 9.70. The minimum Gasteiger partial charge on any atom is -0.496 e. The highest BCUT2D eigenvalue weighted by Gasteiger charge is 2.31.